The van der Waals surface area contributed by atoms with Crippen molar-refractivity contribution in [2.45, 2.75) is 12.5 Å². The maximum Gasteiger partial charge on any atom is 0.335 e. The van der Waals surface area contributed by atoms with Gasteiger partial charge in [-0.1, -0.05) is 18.2 Å². The van der Waals surface area contributed by atoms with Gasteiger partial charge in [0.15, 0.2) is 0 Å². The van der Waals surface area contributed by atoms with Gasteiger partial charge in [0.2, 0.25) is 0 Å². The Kier molecular flexibility index (Phi) is 3.17. The predicted molar refractivity (Wildman–Crippen MR) is 65.1 cm³/mol. The number of hydrogen-bond donors (Lipinski definition) is 3. The minimum Gasteiger partial charge on any atom is -0.393 e. The van der Waals surface area contributed by atoms with E-state index in [1.54, 1.807) is 0 Å². The molecule has 2 rings (SSSR count). The third-order valence-electron chi connectivity index (χ3n) is 2.51. The van der Waals surface area contributed by atoms with Crippen LogP contribution in [-0.4, -0.2) is 17.0 Å². The van der Waals surface area contributed by atoms with Gasteiger partial charge in [0.05, 0.1) is 0 Å². The first-order valence-corrected chi connectivity index (χ1v) is 5.24. The van der Waals surface area contributed by atoms with Crippen LogP contribution in [0.1, 0.15) is 5.56 Å². The number of rotatable bonds is 3. The van der Waals surface area contributed by atoms with Gasteiger partial charge >= 0.3 is 5.97 Å². The highest BCUT2D eigenvalue weighted by molar-refractivity contribution is 7.75. The molecule has 0 radical (unpaired) electrons. The Hall–Kier alpha value is -1.46. The number of aromatic amines is 1. The van der Waals surface area contributed by atoms with Crippen molar-refractivity contribution in [2.24, 2.45) is 5.73 Å². The first-order chi connectivity index (χ1) is 7.72. The quantitative estimate of drug-likeness (QED) is 0.558. The lowest BCUT2D eigenvalue weighted by Gasteiger charge is -2.06. The van der Waals surface area contributed by atoms with Crippen LogP contribution in [0.25, 0.3) is 10.9 Å². The SMILES string of the molecule is NC(Cc1c[nH]c2ccccc12)C(=O)OS. The highest BCUT2D eigenvalue weighted by Gasteiger charge is 2.16. The van der Waals surface area contributed by atoms with Gasteiger partial charge < -0.3 is 14.9 Å². The lowest BCUT2D eigenvalue weighted by Crippen LogP contribution is -2.32. The van der Waals surface area contributed by atoms with Crippen LogP contribution in [0, 0.1) is 0 Å². The molecular weight excluding hydrogens is 224 g/mol. The molecule has 0 aliphatic carbocycles. The molecule has 2 aromatic rings. The van der Waals surface area contributed by atoms with Crippen LogP contribution in [0.4, 0.5) is 0 Å². The van der Waals surface area contributed by atoms with Crippen molar-refractivity contribution in [1.29, 1.82) is 0 Å². The summed E-state index contributed by atoms with van der Waals surface area (Å²) in [5.41, 5.74) is 7.71. The van der Waals surface area contributed by atoms with Gasteiger partial charge in [-0.3, -0.25) is 0 Å². The van der Waals surface area contributed by atoms with Crippen LogP contribution < -0.4 is 5.73 Å². The average molecular weight is 236 g/mol. The van der Waals surface area contributed by atoms with Crippen molar-refractivity contribution < 1.29 is 8.98 Å². The van der Waals surface area contributed by atoms with E-state index in [0.29, 0.717) is 6.42 Å². The number of carbonyl (C=O) groups excluding carboxylic acids is 1. The normalized spacial score (nSPS) is 12.6. The maximum atomic E-state index is 11.1. The Morgan fingerprint density at radius 2 is 2.25 bits per heavy atom. The van der Waals surface area contributed by atoms with Crippen molar-refractivity contribution in [2.75, 3.05) is 0 Å². The van der Waals surface area contributed by atoms with Crippen molar-refractivity contribution in [1.82, 2.24) is 4.98 Å². The summed E-state index contributed by atoms with van der Waals surface area (Å²) in [5, 5.41) is 1.07. The van der Waals surface area contributed by atoms with Gasteiger partial charge in [-0.2, -0.15) is 0 Å². The number of thiol groups is 1. The van der Waals surface area contributed by atoms with Crippen molar-refractivity contribution in [3.63, 3.8) is 0 Å². The summed E-state index contributed by atoms with van der Waals surface area (Å²) >= 11 is 3.44. The Bertz CT molecular complexity index is 509. The molecule has 0 saturated carbocycles. The predicted octanol–water partition coefficient (Wildman–Crippen LogP) is 1.43. The molecule has 0 aliphatic rings. The average Bonchev–Trinajstić information content (AvgIpc) is 2.72. The fourth-order valence-electron chi connectivity index (χ4n) is 1.69. The lowest BCUT2D eigenvalue weighted by molar-refractivity contribution is -0.134. The molecule has 0 aliphatic heterocycles. The third-order valence-corrected chi connectivity index (χ3v) is 2.69. The number of nitrogens with two attached hydrogens (primary N) is 1. The van der Waals surface area contributed by atoms with Crippen LogP contribution in [-0.2, 0) is 15.4 Å². The molecule has 1 atom stereocenters. The van der Waals surface area contributed by atoms with Crippen molar-refractivity contribution in [3.05, 3.63) is 36.0 Å². The Labute approximate surface area is 98.4 Å². The van der Waals surface area contributed by atoms with E-state index in [0.717, 1.165) is 16.5 Å². The molecule has 1 heterocycles. The third kappa shape index (κ3) is 2.05. The van der Waals surface area contributed by atoms with Crippen LogP contribution in [0.15, 0.2) is 30.5 Å². The van der Waals surface area contributed by atoms with E-state index in [1.165, 1.54) is 0 Å². The number of fused-ring (bicyclic) bond motifs is 1. The highest BCUT2D eigenvalue weighted by Crippen LogP contribution is 2.18. The molecular formula is C11H12N2O2S. The summed E-state index contributed by atoms with van der Waals surface area (Å²) in [4.78, 5) is 14.3. The number of hydrogen-bond acceptors (Lipinski definition) is 4. The zero-order valence-corrected chi connectivity index (χ0v) is 9.41. The number of nitrogens with one attached hydrogen (secondary N) is 1. The minimum atomic E-state index is -0.684. The molecule has 0 saturated heterocycles. The molecule has 0 spiro atoms. The molecule has 5 heteroatoms. The number of H-pyrrole nitrogens is 1. The van der Waals surface area contributed by atoms with Gasteiger partial charge in [-0.05, 0) is 11.6 Å². The first-order valence-electron chi connectivity index (χ1n) is 4.88. The maximum absolute atomic E-state index is 11.1. The fraction of sp³-hybridized carbons (Fsp3) is 0.182. The second-order valence-electron chi connectivity index (χ2n) is 3.58. The Balaban J connectivity index is 2.24. The van der Waals surface area contributed by atoms with E-state index in [-0.39, 0.29) is 0 Å². The summed E-state index contributed by atoms with van der Waals surface area (Å²) in [6.45, 7) is 0. The zero-order valence-electron chi connectivity index (χ0n) is 8.51. The van der Waals surface area contributed by atoms with Gasteiger partial charge in [0.1, 0.15) is 6.04 Å². The highest BCUT2D eigenvalue weighted by atomic mass is 32.1. The molecule has 1 aromatic heterocycles. The van der Waals surface area contributed by atoms with E-state index in [2.05, 4.69) is 22.1 Å². The smallest absolute Gasteiger partial charge is 0.335 e. The Morgan fingerprint density at radius 1 is 1.50 bits per heavy atom. The molecule has 0 fully saturated rings. The summed E-state index contributed by atoms with van der Waals surface area (Å²) in [6, 6.07) is 7.17. The standard InChI is InChI=1S/C11H12N2O2S/c12-9(11(14)15-16)5-7-6-13-10-4-2-1-3-8(7)10/h1-4,6,9,13,16H,5,12H2. The van der Waals surface area contributed by atoms with E-state index in [1.807, 2.05) is 30.5 Å². The fourth-order valence-corrected chi connectivity index (χ4v) is 1.82. The minimum absolute atomic E-state index is 0.434. The largest absolute Gasteiger partial charge is 0.393 e. The zero-order chi connectivity index (χ0) is 11.5. The van der Waals surface area contributed by atoms with E-state index in [9.17, 15) is 4.79 Å². The lowest BCUT2D eigenvalue weighted by atomic mass is 10.1. The van der Waals surface area contributed by atoms with Gasteiger partial charge in [0, 0.05) is 36.4 Å². The molecule has 0 bridgehead atoms. The van der Waals surface area contributed by atoms with Crippen molar-refractivity contribution >= 4 is 29.8 Å². The van der Waals surface area contributed by atoms with Crippen LogP contribution >= 0.6 is 12.9 Å². The monoisotopic (exact) mass is 236 g/mol. The molecule has 16 heavy (non-hydrogen) atoms. The second-order valence-corrected chi connectivity index (χ2v) is 3.76. The van der Waals surface area contributed by atoms with Crippen molar-refractivity contribution in [3.8, 4) is 0 Å². The van der Waals surface area contributed by atoms with Crippen LogP contribution in [0.2, 0.25) is 0 Å². The summed E-state index contributed by atoms with van der Waals surface area (Å²) in [7, 11) is 0. The first kappa shape index (κ1) is 11.0. The van der Waals surface area contributed by atoms with Gasteiger partial charge in [0.25, 0.3) is 0 Å². The van der Waals surface area contributed by atoms with Crippen LogP contribution in [0.5, 0.6) is 0 Å². The molecule has 0 amide bonds. The second kappa shape index (κ2) is 4.59. The number of carbonyl (C=O) groups is 1. The molecule has 1 aromatic carbocycles. The van der Waals surface area contributed by atoms with Gasteiger partial charge in [-0.25, -0.2) is 4.79 Å². The molecule has 4 nitrogen and oxygen atoms in total. The number of para-hydroxylation sites is 1. The van der Waals surface area contributed by atoms with E-state index in [4.69, 9.17) is 5.73 Å². The summed E-state index contributed by atoms with van der Waals surface area (Å²) < 4.78 is 4.29. The number of aromatic nitrogens is 1. The Morgan fingerprint density at radius 3 is 3.00 bits per heavy atom. The van der Waals surface area contributed by atoms with Gasteiger partial charge in [-0.15, -0.1) is 0 Å². The molecule has 84 valence electrons. The topological polar surface area (TPSA) is 68.1 Å². The van der Waals surface area contributed by atoms with E-state index >= 15 is 0 Å². The summed E-state index contributed by atoms with van der Waals surface area (Å²) in [6.07, 6.45) is 2.29. The number of benzene rings is 1. The molecule has 1 unspecified atom stereocenters. The van der Waals surface area contributed by atoms with Crippen LogP contribution in [0.3, 0.4) is 0 Å². The molecule has 3 N–H and O–H groups in total. The van der Waals surface area contributed by atoms with E-state index < -0.39 is 12.0 Å². The summed E-state index contributed by atoms with van der Waals surface area (Å²) in [5.74, 6) is -0.520.